The van der Waals surface area contributed by atoms with Crippen molar-refractivity contribution in [2.75, 3.05) is 20.3 Å². The highest BCUT2D eigenvalue weighted by Crippen LogP contribution is 2.35. The first-order valence-corrected chi connectivity index (χ1v) is 11.4. The number of nitrogens with zero attached hydrogens (tertiary/aromatic N) is 2. The van der Waals surface area contributed by atoms with E-state index in [0.717, 1.165) is 15.9 Å². The number of alkyl halides is 3. The van der Waals surface area contributed by atoms with E-state index < -0.39 is 23.7 Å². The van der Waals surface area contributed by atoms with Crippen LogP contribution in [0.5, 0.6) is 17.5 Å². The number of ether oxygens (including phenoxy) is 3. The van der Waals surface area contributed by atoms with Crippen LogP contribution in [-0.4, -0.2) is 42.0 Å². The topological polar surface area (TPSA) is 106 Å². The average molecular weight is 540 g/mol. The van der Waals surface area contributed by atoms with Gasteiger partial charge in [0.2, 0.25) is 0 Å². The molecule has 0 spiro atoms. The Morgan fingerprint density at radius 2 is 1.86 bits per heavy atom. The van der Waals surface area contributed by atoms with Gasteiger partial charge in [-0.3, -0.25) is 4.79 Å². The number of carbonyl (C=O) groups excluding carboxylic acids is 1. The molecule has 13 heteroatoms. The molecule has 0 aliphatic carbocycles. The van der Waals surface area contributed by atoms with Gasteiger partial charge in [-0.1, -0.05) is 23.7 Å². The summed E-state index contributed by atoms with van der Waals surface area (Å²) in [6.45, 7) is 0.414. The van der Waals surface area contributed by atoms with E-state index in [4.69, 9.17) is 26.8 Å². The molecule has 2 aromatic carbocycles. The maximum Gasteiger partial charge on any atom is 0.491 e. The number of methoxy groups -OCH3 is 1. The lowest BCUT2D eigenvalue weighted by Crippen LogP contribution is -2.31. The number of nitrogens with two attached hydrogens (primary N) is 1. The lowest BCUT2D eigenvalue weighted by atomic mass is 10.2. The van der Waals surface area contributed by atoms with E-state index in [2.05, 4.69) is 9.72 Å². The van der Waals surface area contributed by atoms with Gasteiger partial charge in [-0.2, -0.15) is 18.2 Å². The van der Waals surface area contributed by atoms with Crippen molar-refractivity contribution in [2.45, 2.75) is 6.18 Å². The maximum absolute atomic E-state index is 13.5. The van der Waals surface area contributed by atoms with Crippen molar-refractivity contribution >= 4 is 39.1 Å². The predicted molar refractivity (Wildman–Crippen MR) is 128 cm³/mol. The zero-order valence-corrected chi connectivity index (χ0v) is 20.0. The molecule has 188 valence electrons. The third-order valence-corrected chi connectivity index (χ3v) is 6.26. The lowest BCUT2D eigenvalue weighted by molar-refractivity contribution is -0.190. The van der Waals surface area contributed by atoms with Crippen LogP contribution < -0.4 is 25.5 Å². The zero-order valence-electron chi connectivity index (χ0n) is 18.5. The molecule has 0 saturated carbocycles. The Labute approximate surface area is 210 Å². The minimum absolute atomic E-state index is 0.0396. The third-order valence-electron chi connectivity index (χ3n) is 4.84. The van der Waals surface area contributed by atoms with Crippen LogP contribution >= 0.6 is 22.9 Å². The molecule has 2 N–H and O–H groups in total. The summed E-state index contributed by atoms with van der Waals surface area (Å²) in [4.78, 5) is 29.8. The molecule has 4 rings (SSSR count). The Bertz CT molecular complexity index is 1490. The van der Waals surface area contributed by atoms with Crippen molar-refractivity contribution in [3.63, 3.8) is 0 Å². The highest BCUT2D eigenvalue weighted by molar-refractivity contribution is 7.22. The van der Waals surface area contributed by atoms with E-state index in [1.807, 2.05) is 0 Å². The number of thiophene rings is 1. The monoisotopic (exact) mass is 539 g/mol. The fraction of sp³-hybridized carbons (Fsp3) is 0.174. The van der Waals surface area contributed by atoms with Crippen molar-refractivity contribution in [3.8, 4) is 33.6 Å². The van der Waals surface area contributed by atoms with Crippen LogP contribution in [0, 0.1) is 0 Å². The minimum Gasteiger partial charge on any atom is -0.493 e. The van der Waals surface area contributed by atoms with Crippen LogP contribution in [0.4, 0.5) is 13.2 Å². The van der Waals surface area contributed by atoms with Crippen LogP contribution in [0.1, 0.15) is 0 Å². The number of benzene rings is 2. The molecular weight excluding hydrogens is 523 g/mol. The number of rotatable bonds is 7. The van der Waals surface area contributed by atoms with Gasteiger partial charge in [-0.15, -0.1) is 11.3 Å². The van der Waals surface area contributed by atoms with Gasteiger partial charge in [0, 0.05) is 22.5 Å². The average Bonchev–Trinajstić information content (AvgIpc) is 3.27. The number of hydrogen-bond donors (Lipinski definition) is 1. The Kier molecular flexibility index (Phi) is 7.20. The summed E-state index contributed by atoms with van der Waals surface area (Å²) in [7, 11) is 1.35. The lowest BCUT2D eigenvalue weighted by Gasteiger charge is -2.15. The molecule has 2 heterocycles. The predicted octanol–water partition coefficient (Wildman–Crippen LogP) is 4.58. The summed E-state index contributed by atoms with van der Waals surface area (Å²) in [6.07, 6.45) is -5.31. The molecule has 0 atom stereocenters. The molecule has 0 bridgehead atoms. The van der Waals surface area contributed by atoms with Crippen LogP contribution in [0.3, 0.4) is 0 Å². The number of carbonyl (C=O) groups is 1. The summed E-state index contributed by atoms with van der Waals surface area (Å²) < 4.78 is 55.2. The molecule has 0 unspecified atom stereocenters. The van der Waals surface area contributed by atoms with Crippen LogP contribution in [0.15, 0.2) is 53.3 Å². The Morgan fingerprint density at radius 3 is 2.50 bits per heavy atom. The van der Waals surface area contributed by atoms with Gasteiger partial charge in [-0.05, 0) is 35.9 Å². The molecule has 0 fully saturated rings. The second-order valence-electron chi connectivity index (χ2n) is 7.23. The standard InChI is InChI=1S/C23H17ClF3N3O5S/c1-33-17-10-14(6-7-16(17)34-9-8-28)30-20(31)19-15(29-22(30)35-21(32)23(25,26)27)11-18(36-19)12-2-4-13(24)5-3-12/h2-7,10-11H,8-9,28H2,1H3. The van der Waals surface area contributed by atoms with Crippen molar-refractivity contribution in [1.29, 1.82) is 0 Å². The van der Waals surface area contributed by atoms with E-state index in [0.29, 0.717) is 21.2 Å². The molecule has 8 nitrogen and oxygen atoms in total. The van der Waals surface area contributed by atoms with E-state index in [-0.39, 0.29) is 34.8 Å². The number of aromatic nitrogens is 2. The van der Waals surface area contributed by atoms with Crippen molar-refractivity contribution in [3.05, 3.63) is 63.9 Å². The van der Waals surface area contributed by atoms with Gasteiger partial charge in [-0.25, -0.2) is 9.36 Å². The van der Waals surface area contributed by atoms with Gasteiger partial charge < -0.3 is 19.9 Å². The van der Waals surface area contributed by atoms with E-state index in [1.165, 1.54) is 31.4 Å². The smallest absolute Gasteiger partial charge is 0.491 e. The van der Waals surface area contributed by atoms with Gasteiger partial charge >= 0.3 is 18.2 Å². The summed E-state index contributed by atoms with van der Waals surface area (Å²) >= 11 is 7.01. The molecule has 0 aliphatic rings. The number of fused-ring (bicyclic) bond motifs is 1. The Hall–Kier alpha value is -3.61. The largest absolute Gasteiger partial charge is 0.493 e. The summed E-state index contributed by atoms with van der Waals surface area (Å²) in [5, 5.41) is 0.509. The highest BCUT2D eigenvalue weighted by Gasteiger charge is 2.42. The molecular formula is C23H17ClF3N3O5S. The Morgan fingerprint density at radius 1 is 1.14 bits per heavy atom. The second kappa shape index (κ2) is 10.2. The van der Waals surface area contributed by atoms with Crippen molar-refractivity contribution < 1.29 is 32.2 Å². The quantitative estimate of drug-likeness (QED) is 0.343. The van der Waals surface area contributed by atoms with Crippen LogP contribution in [0.25, 0.3) is 26.3 Å². The molecule has 36 heavy (non-hydrogen) atoms. The first-order valence-electron chi connectivity index (χ1n) is 10.2. The second-order valence-corrected chi connectivity index (χ2v) is 8.72. The first-order chi connectivity index (χ1) is 17.1. The molecule has 0 aliphatic heterocycles. The van der Waals surface area contributed by atoms with Crippen molar-refractivity contribution in [2.24, 2.45) is 5.73 Å². The van der Waals surface area contributed by atoms with E-state index in [1.54, 1.807) is 24.3 Å². The minimum atomic E-state index is -5.31. The summed E-state index contributed by atoms with van der Waals surface area (Å²) in [6, 6.07) is 11.6. The first kappa shape index (κ1) is 25.5. The zero-order chi connectivity index (χ0) is 26.0. The Balaban J connectivity index is 1.91. The number of halogens is 4. The van der Waals surface area contributed by atoms with E-state index in [9.17, 15) is 22.8 Å². The van der Waals surface area contributed by atoms with Gasteiger partial charge in [0.1, 0.15) is 11.3 Å². The fourth-order valence-corrected chi connectivity index (χ4v) is 4.39. The van der Waals surface area contributed by atoms with Gasteiger partial charge in [0.25, 0.3) is 5.56 Å². The molecule has 2 aromatic heterocycles. The molecule has 0 saturated heterocycles. The van der Waals surface area contributed by atoms with Crippen LogP contribution in [-0.2, 0) is 4.79 Å². The number of esters is 1. The maximum atomic E-state index is 13.5. The van der Waals surface area contributed by atoms with Crippen LogP contribution in [0.2, 0.25) is 5.02 Å². The number of hydrogen-bond acceptors (Lipinski definition) is 8. The SMILES string of the molecule is COc1cc(-n2c(OC(=O)C(F)(F)F)nc3cc(-c4ccc(Cl)cc4)sc3c2=O)ccc1OCCN. The highest BCUT2D eigenvalue weighted by atomic mass is 35.5. The molecule has 4 aromatic rings. The van der Waals surface area contributed by atoms with Gasteiger partial charge in [0.15, 0.2) is 11.5 Å². The van der Waals surface area contributed by atoms with E-state index >= 15 is 0 Å². The van der Waals surface area contributed by atoms with Gasteiger partial charge in [0.05, 0.1) is 18.3 Å². The molecule has 0 amide bonds. The summed E-state index contributed by atoms with van der Waals surface area (Å²) in [5.74, 6) is -2.05. The van der Waals surface area contributed by atoms with Crippen molar-refractivity contribution in [1.82, 2.24) is 9.55 Å². The normalized spacial score (nSPS) is 11.5. The summed E-state index contributed by atoms with van der Waals surface area (Å²) in [5.41, 5.74) is 5.52. The fourth-order valence-electron chi connectivity index (χ4n) is 3.24. The third kappa shape index (κ3) is 5.15. The molecule has 0 radical (unpaired) electrons.